The zero-order valence-electron chi connectivity index (χ0n) is 15.5. The van der Waals surface area contributed by atoms with Gasteiger partial charge in [-0.15, -0.1) is 11.3 Å². The molecule has 0 aromatic carbocycles. The summed E-state index contributed by atoms with van der Waals surface area (Å²) >= 11 is 1.54. The van der Waals surface area contributed by atoms with Crippen LogP contribution in [0.25, 0.3) is 10.2 Å². The Kier molecular flexibility index (Phi) is 4.78. The van der Waals surface area contributed by atoms with Crippen molar-refractivity contribution >= 4 is 27.5 Å². The highest BCUT2D eigenvalue weighted by molar-refractivity contribution is 7.18. The summed E-state index contributed by atoms with van der Waals surface area (Å²) in [4.78, 5) is 37.9. The Morgan fingerprint density at radius 1 is 1.30 bits per heavy atom. The fourth-order valence-corrected chi connectivity index (χ4v) is 4.77. The lowest BCUT2D eigenvalue weighted by Crippen LogP contribution is -2.32. The first-order chi connectivity index (χ1) is 13.1. The summed E-state index contributed by atoms with van der Waals surface area (Å²) in [6.07, 6.45) is 7.37. The lowest BCUT2D eigenvalue weighted by Gasteiger charge is -2.25. The summed E-state index contributed by atoms with van der Waals surface area (Å²) in [7, 11) is 0. The van der Waals surface area contributed by atoms with E-state index in [1.165, 1.54) is 11.3 Å². The predicted octanol–water partition coefficient (Wildman–Crippen LogP) is 3.22. The summed E-state index contributed by atoms with van der Waals surface area (Å²) < 4.78 is 1.57. The van der Waals surface area contributed by atoms with E-state index < -0.39 is 0 Å². The SMILES string of the molecule is Cc1sc2ncn(CCC(=O)N3CCCC3c3ccncc3)c(=O)c2c1C. The molecule has 3 aromatic heterocycles. The number of rotatable bonds is 4. The molecule has 4 rings (SSSR count). The highest BCUT2D eigenvalue weighted by atomic mass is 32.1. The van der Waals surface area contributed by atoms with Crippen molar-refractivity contribution in [3.05, 3.63) is 57.2 Å². The van der Waals surface area contributed by atoms with Gasteiger partial charge in [-0.3, -0.25) is 19.1 Å². The average molecular weight is 382 g/mol. The van der Waals surface area contributed by atoms with Crippen molar-refractivity contribution in [1.29, 1.82) is 0 Å². The van der Waals surface area contributed by atoms with Crippen LogP contribution in [0, 0.1) is 13.8 Å². The molecule has 7 heteroatoms. The van der Waals surface area contributed by atoms with Gasteiger partial charge in [0, 0.05) is 36.8 Å². The Labute approximate surface area is 161 Å². The minimum Gasteiger partial charge on any atom is -0.336 e. The molecule has 0 spiro atoms. The molecule has 1 fully saturated rings. The third-order valence-corrected chi connectivity index (χ3v) is 6.50. The van der Waals surface area contributed by atoms with Crippen molar-refractivity contribution in [3.8, 4) is 0 Å². The summed E-state index contributed by atoms with van der Waals surface area (Å²) in [5.41, 5.74) is 2.06. The molecule has 1 saturated heterocycles. The van der Waals surface area contributed by atoms with Crippen LogP contribution in [0.1, 0.15) is 41.3 Å². The molecule has 1 unspecified atom stereocenters. The molecule has 0 N–H and O–H groups in total. The van der Waals surface area contributed by atoms with E-state index in [1.54, 1.807) is 23.3 Å². The van der Waals surface area contributed by atoms with Gasteiger partial charge in [0.15, 0.2) is 0 Å². The molecule has 140 valence electrons. The van der Waals surface area contributed by atoms with Gasteiger partial charge >= 0.3 is 0 Å². The summed E-state index contributed by atoms with van der Waals surface area (Å²) in [6, 6.07) is 4.06. The number of pyridine rings is 1. The van der Waals surface area contributed by atoms with Gasteiger partial charge in [-0.25, -0.2) is 4.98 Å². The molecule has 0 saturated carbocycles. The lowest BCUT2D eigenvalue weighted by atomic mass is 10.1. The van der Waals surface area contributed by atoms with E-state index in [4.69, 9.17) is 0 Å². The largest absolute Gasteiger partial charge is 0.336 e. The zero-order valence-corrected chi connectivity index (χ0v) is 16.3. The van der Waals surface area contributed by atoms with E-state index in [-0.39, 0.29) is 17.5 Å². The van der Waals surface area contributed by atoms with E-state index in [0.717, 1.165) is 40.2 Å². The molecule has 1 atom stereocenters. The van der Waals surface area contributed by atoms with Crippen LogP contribution >= 0.6 is 11.3 Å². The molecule has 1 aliphatic rings. The van der Waals surface area contributed by atoms with Crippen LogP contribution in [0.3, 0.4) is 0 Å². The number of nitrogens with zero attached hydrogens (tertiary/aromatic N) is 4. The number of aromatic nitrogens is 3. The van der Waals surface area contributed by atoms with Crippen LogP contribution in [0.15, 0.2) is 35.6 Å². The molecule has 0 aliphatic carbocycles. The van der Waals surface area contributed by atoms with Gasteiger partial charge in [-0.1, -0.05) is 0 Å². The highest BCUT2D eigenvalue weighted by Crippen LogP contribution is 2.32. The first-order valence-electron chi connectivity index (χ1n) is 9.21. The van der Waals surface area contributed by atoms with Crippen molar-refractivity contribution < 1.29 is 4.79 Å². The maximum absolute atomic E-state index is 12.8. The van der Waals surface area contributed by atoms with Gasteiger partial charge < -0.3 is 4.90 Å². The Balaban J connectivity index is 1.51. The molecule has 0 bridgehead atoms. The monoisotopic (exact) mass is 382 g/mol. The van der Waals surface area contributed by atoms with E-state index in [2.05, 4.69) is 9.97 Å². The normalized spacial score (nSPS) is 17.0. The second-order valence-electron chi connectivity index (χ2n) is 6.98. The maximum atomic E-state index is 12.8. The first kappa shape index (κ1) is 17.9. The predicted molar refractivity (Wildman–Crippen MR) is 106 cm³/mol. The smallest absolute Gasteiger partial charge is 0.262 e. The summed E-state index contributed by atoms with van der Waals surface area (Å²) in [5.74, 6) is 0.0829. The molecule has 6 nitrogen and oxygen atoms in total. The molecule has 27 heavy (non-hydrogen) atoms. The minimum absolute atomic E-state index is 0.0539. The van der Waals surface area contributed by atoms with Crippen LogP contribution in [-0.2, 0) is 11.3 Å². The molecular formula is C20H22N4O2S. The number of aryl methyl sites for hydroxylation is 3. The zero-order chi connectivity index (χ0) is 19.0. The van der Waals surface area contributed by atoms with E-state index in [0.29, 0.717) is 18.4 Å². The Hall–Kier alpha value is -2.54. The Morgan fingerprint density at radius 3 is 2.85 bits per heavy atom. The third kappa shape index (κ3) is 3.27. The molecule has 0 radical (unpaired) electrons. The van der Waals surface area contributed by atoms with Crippen LogP contribution in [0.2, 0.25) is 0 Å². The van der Waals surface area contributed by atoms with Crippen molar-refractivity contribution in [2.45, 2.75) is 45.7 Å². The van der Waals surface area contributed by atoms with Gasteiger partial charge in [-0.05, 0) is 49.9 Å². The van der Waals surface area contributed by atoms with Crippen molar-refractivity contribution in [1.82, 2.24) is 19.4 Å². The van der Waals surface area contributed by atoms with Gasteiger partial charge in [0.2, 0.25) is 5.91 Å². The lowest BCUT2D eigenvalue weighted by molar-refractivity contribution is -0.132. The molecule has 4 heterocycles. The van der Waals surface area contributed by atoms with E-state index >= 15 is 0 Å². The van der Waals surface area contributed by atoms with Crippen LogP contribution in [0.5, 0.6) is 0 Å². The molecule has 1 aliphatic heterocycles. The van der Waals surface area contributed by atoms with Crippen LogP contribution in [0.4, 0.5) is 0 Å². The maximum Gasteiger partial charge on any atom is 0.262 e. The Morgan fingerprint density at radius 2 is 2.07 bits per heavy atom. The highest BCUT2D eigenvalue weighted by Gasteiger charge is 2.29. The standard InChI is InChI=1S/C20H22N4O2S/c1-13-14(2)27-19-18(13)20(26)23(12-22-19)11-7-17(25)24-10-3-4-16(24)15-5-8-21-9-6-15/h5-6,8-9,12,16H,3-4,7,10-11H2,1-2H3. The number of likely N-dealkylation sites (tertiary alicyclic amines) is 1. The van der Waals surface area contributed by atoms with Crippen molar-refractivity contribution in [2.24, 2.45) is 0 Å². The van der Waals surface area contributed by atoms with Crippen molar-refractivity contribution in [2.75, 3.05) is 6.54 Å². The molecule has 1 amide bonds. The van der Waals surface area contributed by atoms with E-state index in [9.17, 15) is 9.59 Å². The second-order valence-corrected chi connectivity index (χ2v) is 8.19. The van der Waals surface area contributed by atoms with Crippen molar-refractivity contribution in [3.63, 3.8) is 0 Å². The molecule has 3 aromatic rings. The van der Waals surface area contributed by atoms with Crippen LogP contribution in [-0.4, -0.2) is 31.9 Å². The quantitative estimate of drug-likeness (QED) is 0.695. The van der Waals surface area contributed by atoms with Gasteiger partial charge in [-0.2, -0.15) is 0 Å². The third-order valence-electron chi connectivity index (χ3n) is 5.39. The second kappa shape index (κ2) is 7.23. The minimum atomic E-state index is -0.0539. The molecular weight excluding hydrogens is 360 g/mol. The summed E-state index contributed by atoms with van der Waals surface area (Å²) in [6.45, 7) is 5.08. The number of thiophene rings is 1. The average Bonchev–Trinajstić information content (AvgIpc) is 3.27. The number of hydrogen-bond donors (Lipinski definition) is 0. The summed E-state index contributed by atoms with van der Waals surface area (Å²) in [5, 5.41) is 0.684. The fourth-order valence-electron chi connectivity index (χ4n) is 3.79. The topological polar surface area (TPSA) is 68.1 Å². The number of amides is 1. The van der Waals surface area contributed by atoms with E-state index in [1.807, 2.05) is 30.9 Å². The van der Waals surface area contributed by atoms with Gasteiger partial charge in [0.1, 0.15) is 4.83 Å². The van der Waals surface area contributed by atoms with Gasteiger partial charge in [0.05, 0.1) is 17.8 Å². The van der Waals surface area contributed by atoms with Gasteiger partial charge in [0.25, 0.3) is 5.56 Å². The number of carbonyl (C=O) groups is 1. The van der Waals surface area contributed by atoms with Crippen LogP contribution < -0.4 is 5.56 Å². The number of carbonyl (C=O) groups excluding carboxylic acids is 1. The number of hydrogen-bond acceptors (Lipinski definition) is 5. The fraction of sp³-hybridized carbons (Fsp3) is 0.400. The number of fused-ring (bicyclic) bond motifs is 1. The Bertz CT molecular complexity index is 1040. The first-order valence-corrected chi connectivity index (χ1v) is 10.0.